The molecule has 0 radical (unpaired) electrons. The quantitative estimate of drug-likeness (QED) is 0.539. The van der Waals surface area contributed by atoms with Crippen LogP contribution in [0.3, 0.4) is 0 Å². The topological polar surface area (TPSA) is 102 Å². The van der Waals surface area contributed by atoms with Crippen LogP contribution >= 0.6 is 24.8 Å². The maximum atomic E-state index is 12.4. The summed E-state index contributed by atoms with van der Waals surface area (Å²) < 4.78 is 1.84. The Labute approximate surface area is 178 Å². The first-order valence-electron chi connectivity index (χ1n) is 8.99. The molecule has 0 saturated carbocycles. The fourth-order valence-electron chi connectivity index (χ4n) is 2.58. The number of benzene rings is 1. The molecule has 1 aromatic heterocycles. The van der Waals surface area contributed by atoms with E-state index in [0.29, 0.717) is 30.8 Å². The molecule has 0 aliphatic carbocycles. The third kappa shape index (κ3) is 8.73. The number of aryl methyl sites for hydroxylation is 1. The average molecular weight is 430 g/mol. The molecule has 0 saturated heterocycles. The Morgan fingerprint density at radius 1 is 1.29 bits per heavy atom. The largest absolute Gasteiger partial charge is 0.348 e. The molecular formula is C19H29Cl2N5O2. The molecule has 0 aliphatic heterocycles. The van der Waals surface area contributed by atoms with Gasteiger partial charge in [0, 0.05) is 49.2 Å². The number of carbonyl (C=O) groups excluding carboxylic acids is 2. The van der Waals surface area contributed by atoms with Crippen LogP contribution in [0.25, 0.3) is 0 Å². The fourth-order valence-corrected chi connectivity index (χ4v) is 2.58. The zero-order chi connectivity index (χ0) is 18.8. The summed E-state index contributed by atoms with van der Waals surface area (Å²) in [5, 5.41) is 5.78. The monoisotopic (exact) mass is 429 g/mol. The van der Waals surface area contributed by atoms with Crippen molar-refractivity contribution in [1.82, 2.24) is 14.9 Å². The van der Waals surface area contributed by atoms with Crippen molar-refractivity contribution in [2.45, 2.75) is 45.2 Å². The molecule has 9 heteroatoms. The highest BCUT2D eigenvalue weighted by atomic mass is 35.5. The Morgan fingerprint density at radius 2 is 2.07 bits per heavy atom. The number of hydrogen-bond donors (Lipinski definition) is 3. The molecule has 28 heavy (non-hydrogen) atoms. The van der Waals surface area contributed by atoms with Gasteiger partial charge in [0.2, 0.25) is 5.91 Å². The maximum absolute atomic E-state index is 12.4. The van der Waals surface area contributed by atoms with E-state index in [9.17, 15) is 9.59 Å². The van der Waals surface area contributed by atoms with Crippen LogP contribution in [0.5, 0.6) is 0 Å². The van der Waals surface area contributed by atoms with Gasteiger partial charge in [-0.3, -0.25) is 9.59 Å². The van der Waals surface area contributed by atoms with Crippen molar-refractivity contribution >= 4 is 42.3 Å². The van der Waals surface area contributed by atoms with E-state index in [4.69, 9.17) is 5.73 Å². The lowest BCUT2D eigenvalue weighted by molar-refractivity contribution is -0.116. The minimum Gasteiger partial charge on any atom is -0.348 e. The molecule has 1 heterocycles. The van der Waals surface area contributed by atoms with Crippen LogP contribution in [0.4, 0.5) is 5.69 Å². The van der Waals surface area contributed by atoms with Crippen molar-refractivity contribution in [2.75, 3.05) is 11.9 Å². The van der Waals surface area contributed by atoms with Gasteiger partial charge in [-0.15, -0.1) is 24.8 Å². The molecule has 1 atom stereocenters. The minimum atomic E-state index is -0.175. The Balaban J connectivity index is 0.00000364. The molecule has 2 amide bonds. The smallest absolute Gasteiger partial charge is 0.251 e. The lowest BCUT2D eigenvalue weighted by Gasteiger charge is -2.16. The van der Waals surface area contributed by atoms with Crippen molar-refractivity contribution in [1.29, 1.82) is 0 Å². The van der Waals surface area contributed by atoms with Crippen molar-refractivity contribution in [3.05, 3.63) is 48.5 Å². The zero-order valence-electron chi connectivity index (χ0n) is 16.0. The lowest BCUT2D eigenvalue weighted by Crippen LogP contribution is -2.40. The van der Waals surface area contributed by atoms with Crippen molar-refractivity contribution < 1.29 is 9.59 Å². The van der Waals surface area contributed by atoms with Crippen LogP contribution < -0.4 is 16.4 Å². The van der Waals surface area contributed by atoms with Crippen LogP contribution in [0.2, 0.25) is 0 Å². The summed E-state index contributed by atoms with van der Waals surface area (Å²) in [6, 6.07) is 6.89. The second kappa shape index (κ2) is 14.0. The molecule has 1 aromatic carbocycles. The number of nitrogens with one attached hydrogen (secondary N) is 2. The number of nitrogens with zero attached hydrogens (tertiary/aromatic N) is 2. The number of imidazole rings is 1. The number of amides is 2. The highest BCUT2D eigenvalue weighted by Gasteiger charge is 2.13. The van der Waals surface area contributed by atoms with E-state index in [-0.39, 0.29) is 42.7 Å². The fraction of sp³-hybridized carbons (Fsp3) is 0.421. The maximum Gasteiger partial charge on any atom is 0.251 e. The Kier molecular flexibility index (Phi) is 12.9. The number of rotatable bonds is 10. The molecule has 0 fully saturated rings. The van der Waals surface area contributed by atoms with Crippen LogP contribution in [-0.2, 0) is 11.3 Å². The Bertz CT molecular complexity index is 710. The van der Waals surface area contributed by atoms with Gasteiger partial charge in [0.1, 0.15) is 0 Å². The molecule has 7 nitrogen and oxygen atoms in total. The number of unbranched alkanes of at least 4 members (excludes halogenated alkanes) is 1. The van der Waals surface area contributed by atoms with Crippen LogP contribution in [0.15, 0.2) is 43.0 Å². The summed E-state index contributed by atoms with van der Waals surface area (Å²) in [4.78, 5) is 28.4. The first-order chi connectivity index (χ1) is 12.6. The van der Waals surface area contributed by atoms with Gasteiger partial charge >= 0.3 is 0 Å². The van der Waals surface area contributed by atoms with E-state index in [1.165, 1.54) is 0 Å². The summed E-state index contributed by atoms with van der Waals surface area (Å²) in [6.45, 7) is 3.08. The third-order valence-corrected chi connectivity index (χ3v) is 4.09. The van der Waals surface area contributed by atoms with Crippen molar-refractivity contribution in [3.8, 4) is 0 Å². The average Bonchev–Trinajstić information content (AvgIpc) is 3.17. The van der Waals surface area contributed by atoms with Gasteiger partial charge in [-0.1, -0.05) is 25.8 Å². The second-order valence-electron chi connectivity index (χ2n) is 6.23. The standard InChI is InChI=1S/C19H27N5O2.2ClH/c1-2-3-6-17(13-20)23-19(26)15-5-4-7-16(12-15)22-18(25)8-10-24-11-9-21-14-24;;/h4-5,7,9,11-12,14,17H,2-3,6,8,10,13,20H2,1H3,(H,22,25)(H,23,26);2*1H. The minimum absolute atomic E-state index is 0. The molecule has 2 rings (SSSR count). The van der Waals surface area contributed by atoms with Crippen molar-refractivity contribution in [2.24, 2.45) is 5.73 Å². The predicted octanol–water partition coefficient (Wildman–Crippen LogP) is 3.00. The van der Waals surface area contributed by atoms with Crippen LogP contribution in [0, 0.1) is 0 Å². The van der Waals surface area contributed by atoms with Gasteiger partial charge in [-0.05, 0) is 24.6 Å². The highest BCUT2D eigenvalue weighted by Crippen LogP contribution is 2.12. The molecule has 0 aliphatic rings. The second-order valence-corrected chi connectivity index (χ2v) is 6.23. The van der Waals surface area contributed by atoms with E-state index in [0.717, 1.165) is 19.3 Å². The van der Waals surface area contributed by atoms with Gasteiger partial charge in [-0.25, -0.2) is 4.98 Å². The first-order valence-corrected chi connectivity index (χ1v) is 8.99. The molecule has 156 valence electrons. The molecule has 0 bridgehead atoms. The normalized spacial score (nSPS) is 10.9. The molecule has 2 aromatic rings. The molecular weight excluding hydrogens is 401 g/mol. The van der Waals surface area contributed by atoms with Gasteiger partial charge in [-0.2, -0.15) is 0 Å². The predicted molar refractivity (Wildman–Crippen MR) is 116 cm³/mol. The molecule has 1 unspecified atom stereocenters. The van der Waals surface area contributed by atoms with E-state index in [1.54, 1.807) is 36.8 Å². The first kappa shape index (κ1) is 25.9. The summed E-state index contributed by atoms with van der Waals surface area (Å²) in [5.41, 5.74) is 6.84. The van der Waals surface area contributed by atoms with Gasteiger partial charge in [0.05, 0.1) is 6.33 Å². The Hall–Kier alpha value is -2.09. The van der Waals surface area contributed by atoms with Gasteiger partial charge in [0.15, 0.2) is 0 Å². The van der Waals surface area contributed by atoms with Crippen molar-refractivity contribution in [3.63, 3.8) is 0 Å². The SMILES string of the molecule is CCCCC(CN)NC(=O)c1cccc(NC(=O)CCn2ccnc2)c1.Cl.Cl. The number of halogens is 2. The summed E-state index contributed by atoms with van der Waals surface area (Å²) in [5.74, 6) is -0.287. The highest BCUT2D eigenvalue weighted by molar-refractivity contribution is 5.97. The summed E-state index contributed by atoms with van der Waals surface area (Å²) >= 11 is 0. The van der Waals surface area contributed by atoms with Gasteiger partial charge < -0.3 is 20.9 Å². The summed E-state index contributed by atoms with van der Waals surface area (Å²) in [6.07, 6.45) is 8.44. The number of aromatic nitrogens is 2. The number of carbonyl (C=O) groups is 2. The van der Waals surface area contributed by atoms with E-state index in [2.05, 4.69) is 22.5 Å². The number of hydrogen-bond acceptors (Lipinski definition) is 4. The Morgan fingerprint density at radius 3 is 2.71 bits per heavy atom. The van der Waals surface area contributed by atoms with Gasteiger partial charge in [0.25, 0.3) is 5.91 Å². The van der Waals surface area contributed by atoms with E-state index < -0.39 is 0 Å². The zero-order valence-corrected chi connectivity index (χ0v) is 17.6. The van der Waals surface area contributed by atoms with E-state index in [1.807, 2.05) is 10.8 Å². The number of anilines is 1. The lowest BCUT2D eigenvalue weighted by atomic mass is 10.1. The number of nitrogens with two attached hydrogens (primary N) is 1. The molecule has 4 N–H and O–H groups in total. The van der Waals surface area contributed by atoms with E-state index >= 15 is 0 Å². The van der Waals surface area contributed by atoms with Crippen LogP contribution in [-0.4, -0.2) is 34.0 Å². The van der Waals surface area contributed by atoms with Crippen LogP contribution in [0.1, 0.15) is 43.0 Å². The summed E-state index contributed by atoms with van der Waals surface area (Å²) in [7, 11) is 0. The molecule has 0 spiro atoms. The third-order valence-electron chi connectivity index (χ3n) is 4.09.